The molecule has 0 atom stereocenters. The zero-order valence-corrected chi connectivity index (χ0v) is 14.2. The third kappa shape index (κ3) is 3.72. The van der Waals surface area contributed by atoms with Crippen molar-refractivity contribution in [3.8, 4) is 5.75 Å². The Morgan fingerprint density at radius 3 is 2.69 bits per heavy atom. The van der Waals surface area contributed by atoms with E-state index in [0.29, 0.717) is 11.3 Å². The van der Waals surface area contributed by atoms with Crippen LogP contribution in [-0.2, 0) is 6.61 Å². The number of para-hydroxylation sites is 1. The van der Waals surface area contributed by atoms with E-state index in [4.69, 9.17) is 9.26 Å². The normalized spacial score (nSPS) is 10.6. The fourth-order valence-electron chi connectivity index (χ4n) is 2.37. The molecule has 0 saturated heterocycles. The Hall–Kier alpha value is -3.22. The highest BCUT2D eigenvalue weighted by atomic mass is 19.1. The van der Waals surface area contributed by atoms with Crippen LogP contribution in [0.4, 0.5) is 14.5 Å². The molecule has 1 N–H and O–H groups in total. The molecule has 134 valence electrons. The maximum absolute atomic E-state index is 13.8. The van der Waals surface area contributed by atoms with Gasteiger partial charge in [0.1, 0.15) is 18.2 Å². The Kier molecular flexibility index (Phi) is 4.97. The van der Waals surface area contributed by atoms with Gasteiger partial charge in [0.05, 0.1) is 11.3 Å². The first-order valence-electron chi connectivity index (χ1n) is 7.85. The monoisotopic (exact) mass is 358 g/mol. The van der Waals surface area contributed by atoms with Crippen molar-refractivity contribution in [2.45, 2.75) is 20.5 Å². The number of aromatic nitrogens is 1. The fourth-order valence-corrected chi connectivity index (χ4v) is 2.37. The second-order valence-electron chi connectivity index (χ2n) is 5.72. The van der Waals surface area contributed by atoms with Crippen LogP contribution in [0.15, 0.2) is 47.0 Å². The minimum absolute atomic E-state index is 0.0385. The molecule has 0 aliphatic carbocycles. The molecule has 0 radical (unpaired) electrons. The van der Waals surface area contributed by atoms with Crippen LogP contribution in [0.3, 0.4) is 0 Å². The van der Waals surface area contributed by atoms with E-state index in [-0.39, 0.29) is 23.7 Å². The quantitative estimate of drug-likeness (QED) is 0.734. The Bertz CT molecular complexity index is 954. The molecule has 26 heavy (non-hydrogen) atoms. The van der Waals surface area contributed by atoms with Gasteiger partial charge in [-0.2, -0.15) is 0 Å². The molecule has 0 unspecified atom stereocenters. The molecule has 1 heterocycles. The van der Waals surface area contributed by atoms with E-state index < -0.39 is 17.5 Å². The molecule has 3 rings (SSSR count). The van der Waals surface area contributed by atoms with Crippen LogP contribution in [0, 0.1) is 25.5 Å². The predicted molar refractivity (Wildman–Crippen MR) is 91.1 cm³/mol. The number of halogens is 2. The van der Waals surface area contributed by atoms with Crippen molar-refractivity contribution < 1.29 is 22.8 Å². The van der Waals surface area contributed by atoms with E-state index >= 15 is 0 Å². The van der Waals surface area contributed by atoms with Crippen LogP contribution in [0.5, 0.6) is 5.75 Å². The lowest BCUT2D eigenvalue weighted by Crippen LogP contribution is -2.16. The van der Waals surface area contributed by atoms with Crippen LogP contribution < -0.4 is 10.1 Å². The number of hydrogen-bond donors (Lipinski definition) is 1. The topological polar surface area (TPSA) is 64.4 Å². The van der Waals surface area contributed by atoms with Gasteiger partial charge in [-0.3, -0.25) is 4.79 Å². The molecule has 0 aliphatic rings. The molecule has 5 nitrogen and oxygen atoms in total. The number of hydrogen-bond acceptors (Lipinski definition) is 4. The fraction of sp³-hybridized carbons (Fsp3) is 0.158. The van der Waals surface area contributed by atoms with Crippen LogP contribution in [0.2, 0.25) is 0 Å². The first-order valence-corrected chi connectivity index (χ1v) is 7.85. The summed E-state index contributed by atoms with van der Waals surface area (Å²) in [5.74, 6) is -1.32. The van der Waals surface area contributed by atoms with Crippen LogP contribution >= 0.6 is 0 Å². The van der Waals surface area contributed by atoms with Crippen LogP contribution in [0.25, 0.3) is 0 Å². The number of anilines is 1. The van der Waals surface area contributed by atoms with Gasteiger partial charge in [-0.1, -0.05) is 23.4 Å². The molecule has 0 aliphatic heterocycles. The van der Waals surface area contributed by atoms with Gasteiger partial charge in [0.2, 0.25) is 0 Å². The summed E-state index contributed by atoms with van der Waals surface area (Å²) >= 11 is 0. The smallest absolute Gasteiger partial charge is 0.278 e. The molecule has 3 aromatic rings. The van der Waals surface area contributed by atoms with Crippen molar-refractivity contribution in [2.24, 2.45) is 0 Å². The van der Waals surface area contributed by atoms with Crippen LogP contribution in [-0.4, -0.2) is 11.1 Å². The van der Waals surface area contributed by atoms with E-state index in [0.717, 1.165) is 5.56 Å². The first-order chi connectivity index (χ1) is 12.5. The van der Waals surface area contributed by atoms with Crippen molar-refractivity contribution in [3.63, 3.8) is 0 Å². The van der Waals surface area contributed by atoms with E-state index in [1.54, 1.807) is 32.0 Å². The SMILES string of the molecule is Cc1ccc(F)c(NC(=O)c2noc(C)c2COc2ccccc2F)c1. The molecular weight excluding hydrogens is 342 g/mol. The van der Waals surface area contributed by atoms with Gasteiger partial charge in [-0.25, -0.2) is 8.78 Å². The molecule has 0 fully saturated rings. The van der Waals surface area contributed by atoms with Gasteiger partial charge in [0.25, 0.3) is 5.91 Å². The van der Waals surface area contributed by atoms with Crippen molar-refractivity contribution in [1.29, 1.82) is 0 Å². The van der Waals surface area contributed by atoms with Crippen LogP contribution in [0.1, 0.15) is 27.4 Å². The zero-order valence-electron chi connectivity index (χ0n) is 14.2. The summed E-state index contributed by atoms with van der Waals surface area (Å²) in [5, 5.41) is 6.18. The summed E-state index contributed by atoms with van der Waals surface area (Å²) in [6, 6.07) is 10.3. The number of rotatable bonds is 5. The Labute approximate surface area is 148 Å². The van der Waals surface area contributed by atoms with Crippen molar-refractivity contribution in [2.75, 3.05) is 5.32 Å². The van der Waals surface area contributed by atoms with Crippen molar-refractivity contribution in [1.82, 2.24) is 5.16 Å². The largest absolute Gasteiger partial charge is 0.486 e. The highest BCUT2D eigenvalue weighted by Crippen LogP contribution is 2.22. The average molecular weight is 358 g/mol. The maximum atomic E-state index is 13.8. The van der Waals surface area contributed by atoms with Gasteiger partial charge in [-0.15, -0.1) is 0 Å². The molecule has 0 bridgehead atoms. The zero-order chi connectivity index (χ0) is 18.7. The molecule has 2 aromatic carbocycles. The second-order valence-corrected chi connectivity index (χ2v) is 5.72. The number of carbonyl (C=O) groups is 1. The molecule has 0 saturated carbocycles. The second kappa shape index (κ2) is 7.35. The predicted octanol–water partition coefficient (Wildman–Crippen LogP) is 4.40. The lowest BCUT2D eigenvalue weighted by molar-refractivity contribution is 0.101. The molecular formula is C19H16F2N2O3. The molecule has 0 spiro atoms. The third-order valence-electron chi connectivity index (χ3n) is 3.78. The highest BCUT2D eigenvalue weighted by Gasteiger charge is 2.21. The minimum atomic E-state index is -0.640. The van der Waals surface area contributed by atoms with Gasteiger partial charge < -0.3 is 14.6 Å². The average Bonchev–Trinajstić information content (AvgIpc) is 2.98. The van der Waals surface area contributed by atoms with Gasteiger partial charge >= 0.3 is 0 Å². The Morgan fingerprint density at radius 1 is 1.15 bits per heavy atom. The number of carbonyl (C=O) groups excluding carboxylic acids is 1. The lowest BCUT2D eigenvalue weighted by Gasteiger charge is -2.09. The number of benzene rings is 2. The number of ether oxygens (including phenoxy) is 1. The van der Waals surface area contributed by atoms with Gasteiger partial charge in [0, 0.05) is 0 Å². The Balaban J connectivity index is 1.79. The van der Waals surface area contributed by atoms with E-state index in [1.165, 1.54) is 24.3 Å². The van der Waals surface area contributed by atoms with Gasteiger partial charge in [0.15, 0.2) is 17.3 Å². The molecule has 7 heteroatoms. The summed E-state index contributed by atoms with van der Waals surface area (Å²) in [5.41, 5.74) is 1.15. The minimum Gasteiger partial charge on any atom is -0.486 e. The Morgan fingerprint density at radius 2 is 1.92 bits per heavy atom. The highest BCUT2D eigenvalue weighted by molar-refractivity contribution is 6.04. The number of amides is 1. The van der Waals surface area contributed by atoms with Gasteiger partial charge in [-0.05, 0) is 43.7 Å². The van der Waals surface area contributed by atoms with E-state index in [9.17, 15) is 13.6 Å². The summed E-state index contributed by atoms with van der Waals surface area (Å²) in [6.45, 7) is 3.27. The standard InChI is InChI=1S/C19H16F2N2O3/c1-11-7-8-14(20)16(9-11)22-19(24)18-13(12(2)26-23-18)10-25-17-6-4-3-5-15(17)21/h3-9H,10H2,1-2H3,(H,22,24). The van der Waals surface area contributed by atoms with E-state index in [2.05, 4.69) is 10.5 Å². The number of aryl methyl sites for hydroxylation is 2. The summed E-state index contributed by atoms with van der Waals surface area (Å²) in [6.07, 6.45) is 0. The first kappa shape index (κ1) is 17.6. The summed E-state index contributed by atoms with van der Waals surface area (Å²) in [7, 11) is 0. The number of nitrogens with zero attached hydrogens (tertiary/aromatic N) is 1. The lowest BCUT2D eigenvalue weighted by atomic mass is 10.1. The van der Waals surface area contributed by atoms with E-state index in [1.807, 2.05) is 0 Å². The van der Waals surface area contributed by atoms with Crippen molar-refractivity contribution in [3.05, 3.63) is 76.7 Å². The molecule has 1 amide bonds. The van der Waals surface area contributed by atoms with Crippen molar-refractivity contribution >= 4 is 11.6 Å². The number of nitrogens with one attached hydrogen (secondary N) is 1. The maximum Gasteiger partial charge on any atom is 0.278 e. The summed E-state index contributed by atoms with van der Waals surface area (Å²) < 4.78 is 38.0. The summed E-state index contributed by atoms with van der Waals surface area (Å²) in [4.78, 5) is 12.5. The molecule has 1 aromatic heterocycles. The third-order valence-corrected chi connectivity index (χ3v) is 3.78.